The first-order valence-electron chi connectivity index (χ1n) is 5.12. The average molecular weight is 275 g/mol. The molecule has 0 aliphatic heterocycles. The van der Waals surface area contributed by atoms with E-state index >= 15 is 0 Å². The topological polar surface area (TPSA) is 61.1 Å². The van der Waals surface area contributed by atoms with E-state index in [1.807, 2.05) is 31.2 Å². The maximum Gasteiger partial charge on any atom is 0.346 e. The molecule has 0 unspecified atom stereocenters. The Morgan fingerprint density at radius 3 is 2.50 bits per heavy atom. The molecule has 2 aromatic heterocycles. The number of hydrogen-bond donors (Lipinski definition) is 1. The lowest BCUT2D eigenvalue weighted by atomic mass is 10.2. The normalized spacial score (nSPS) is 11.2. The highest BCUT2D eigenvalue weighted by Crippen LogP contribution is 2.34. The van der Waals surface area contributed by atoms with E-state index in [1.165, 1.54) is 22.3 Å². The number of aliphatic carboxylic acids is 1. The van der Waals surface area contributed by atoms with E-state index in [0.29, 0.717) is 0 Å². The van der Waals surface area contributed by atoms with E-state index in [-0.39, 0.29) is 5.57 Å². The van der Waals surface area contributed by atoms with Crippen molar-refractivity contribution in [3.05, 3.63) is 39.6 Å². The minimum absolute atomic E-state index is 0.245. The van der Waals surface area contributed by atoms with Gasteiger partial charge < -0.3 is 5.11 Å². The second-order valence-electron chi connectivity index (χ2n) is 3.59. The molecule has 0 aromatic carbocycles. The lowest BCUT2D eigenvalue weighted by Gasteiger charge is -1.89. The number of aryl methyl sites for hydroxylation is 1. The molecule has 2 aromatic rings. The first-order valence-corrected chi connectivity index (χ1v) is 6.75. The van der Waals surface area contributed by atoms with Crippen LogP contribution in [0.3, 0.4) is 0 Å². The van der Waals surface area contributed by atoms with Crippen molar-refractivity contribution in [2.24, 2.45) is 0 Å². The second-order valence-corrected chi connectivity index (χ2v) is 5.99. The SMILES string of the molecule is Cc1ccc(-c2ccc(C=C(C#N)C(=O)O)s2)s1. The van der Waals surface area contributed by atoms with E-state index in [4.69, 9.17) is 10.4 Å². The molecule has 0 saturated carbocycles. The third-order valence-corrected chi connectivity index (χ3v) is 4.48. The Kier molecular flexibility index (Phi) is 3.60. The Morgan fingerprint density at radius 2 is 1.94 bits per heavy atom. The molecule has 0 bridgehead atoms. The molecule has 0 atom stereocenters. The first-order chi connectivity index (χ1) is 8.60. The van der Waals surface area contributed by atoms with Crippen LogP contribution in [0, 0.1) is 18.3 Å². The monoisotopic (exact) mass is 275 g/mol. The van der Waals surface area contributed by atoms with Gasteiger partial charge in [-0.25, -0.2) is 4.79 Å². The first kappa shape index (κ1) is 12.6. The molecule has 3 nitrogen and oxygen atoms in total. The lowest BCUT2D eigenvalue weighted by molar-refractivity contribution is -0.132. The van der Waals surface area contributed by atoms with E-state index in [1.54, 1.807) is 17.4 Å². The number of carboxylic acids is 1. The summed E-state index contributed by atoms with van der Waals surface area (Å²) < 4.78 is 0. The summed E-state index contributed by atoms with van der Waals surface area (Å²) in [5.41, 5.74) is -0.245. The van der Waals surface area contributed by atoms with Crippen molar-refractivity contribution in [2.45, 2.75) is 6.92 Å². The summed E-state index contributed by atoms with van der Waals surface area (Å²) in [7, 11) is 0. The van der Waals surface area contributed by atoms with Crippen molar-refractivity contribution in [3.63, 3.8) is 0 Å². The summed E-state index contributed by atoms with van der Waals surface area (Å²) in [6.07, 6.45) is 1.40. The maximum absolute atomic E-state index is 10.7. The molecule has 5 heteroatoms. The Labute approximate surface area is 112 Å². The highest BCUT2D eigenvalue weighted by Gasteiger charge is 2.08. The zero-order valence-electron chi connectivity index (χ0n) is 9.51. The molecule has 90 valence electrons. The number of carboxylic acid groups (broad SMARTS) is 1. The number of rotatable bonds is 3. The van der Waals surface area contributed by atoms with Crippen LogP contribution in [0.2, 0.25) is 0 Å². The average Bonchev–Trinajstić information content (AvgIpc) is 2.94. The van der Waals surface area contributed by atoms with Crippen LogP contribution in [0.4, 0.5) is 0 Å². The Balaban J connectivity index is 2.32. The zero-order valence-corrected chi connectivity index (χ0v) is 11.1. The third-order valence-electron chi connectivity index (χ3n) is 2.25. The quantitative estimate of drug-likeness (QED) is 0.685. The highest BCUT2D eigenvalue weighted by atomic mass is 32.1. The van der Waals surface area contributed by atoms with Gasteiger partial charge in [-0.2, -0.15) is 5.26 Å². The molecule has 0 aliphatic carbocycles. The summed E-state index contributed by atoms with van der Waals surface area (Å²) in [5, 5.41) is 17.5. The summed E-state index contributed by atoms with van der Waals surface area (Å²) in [6.45, 7) is 2.04. The van der Waals surface area contributed by atoms with Crippen LogP contribution in [0.1, 0.15) is 9.75 Å². The summed E-state index contributed by atoms with van der Waals surface area (Å²) in [4.78, 5) is 15.0. The fraction of sp³-hybridized carbons (Fsp3) is 0.0769. The van der Waals surface area contributed by atoms with Crippen LogP contribution in [0.15, 0.2) is 29.8 Å². The third kappa shape index (κ3) is 2.67. The molecule has 2 heterocycles. The van der Waals surface area contributed by atoms with Crippen molar-refractivity contribution in [1.82, 2.24) is 0 Å². The molecule has 0 spiro atoms. The predicted molar refractivity (Wildman–Crippen MR) is 73.6 cm³/mol. The summed E-state index contributed by atoms with van der Waals surface area (Å²) >= 11 is 3.17. The van der Waals surface area contributed by atoms with Gasteiger partial charge in [-0.05, 0) is 37.3 Å². The molecule has 0 radical (unpaired) electrons. The lowest BCUT2D eigenvalue weighted by Crippen LogP contribution is -1.96. The largest absolute Gasteiger partial charge is 0.477 e. The Hall–Kier alpha value is -1.90. The van der Waals surface area contributed by atoms with Crippen LogP contribution < -0.4 is 0 Å². The van der Waals surface area contributed by atoms with Gasteiger partial charge in [0.2, 0.25) is 0 Å². The molecule has 2 rings (SSSR count). The smallest absolute Gasteiger partial charge is 0.346 e. The van der Waals surface area contributed by atoms with Crippen LogP contribution in [0.25, 0.3) is 15.8 Å². The number of thiophene rings is 2. The van der Waals surface area contributed by atoms with Gasteiger partial charge in [-0.15, -0.1) is 22.7 Å². The summed E-state index contributed by atoms with van der Waals surface area (Å²) in [5.74, 6) is -1.19. The molecule has 0 saturated heterocycles. The molecule has 1 N–H and O–H groups in total. The maximum atomic E-state index is 10.7. The standard InChI is InChI=1S/C13H9NO2S2/c1-8-2-4-11(17-8)12-5-3-10(18-12)6-9(7-14)13(15)16/h2-6H,1H3,(H,15,16). The van der Waals surface area contributed by atoms with Gasteiger partial charge in [0, 0.05) is 19.5 Å². The number of hydrogen-bond acceptors (Lipinski definition) is 4. The van der Waals surface area contributed by atoms with E-state index in [0.717, 1.165) is 14.6 Å². The van der Waals surface area contributed by atoms with Crippen LogP contribution in [0.5, 0.6) is 0 Å². The van der Waals surface area contributed by atoms with Gasteiger partial charge in [0.15, 0.2) is 0 Å². The van der Waals surface area contributed by atoms with Crippen LogP contribution >= 0.6 is 22.7 Å². The fourth-order valence-corrected chi connectivity index (χ4v) is 3.32. The van der Waals surface area contributed by atoms with Gasteiger partial charge in [-0.1, -0.05) is 0 Å². The van der Waals surface area contributed by atoms with E-state index < -0.39 is 5.97 Å². The van der Waals surface area contributed by atoms with Crippen LogP contribution in [-0.2, 0) is 4.79 Å². The Bertz CT molecular complexity index is 659. The summed E-state index contributed by atoms with van der Waals surface area (Å²) in [6, 6.07) is 9.54. The number of carbonyl (C=O) groups is 1. The Morgan fingerprint density at radius 1 is 1.28 bits per heavy atom. The van der Waals surface area contributed by atoms with Crippen molar-refractivity contribution >= 4 is 34.7 Å². The molecule has 0 aliphatic rings. The van der Waals surface area contributed by atoms with Crippen molar-refractivity contribution < 1.29 is 9.90 Å². The molecular formula is C13H9NO2S2. The van der Waals surface area contributed by atoms with Crippen molar-refractivity contribution in [1.29, 1.82) is 5.26 Å². The highest BCUT2D eigenvalue weighted by molar-refractivity contribution is 7.22. The van der Waals surface area contributed by atoms with Gasteiger partial charge in [-0.3, -0.25) is 0 Å². The predicted octanol–water partition coefficient (Wildman–Crippen LogP) is 3.78. The minimum atomic E-state index is -1.19. The second kappa shape index (κ2) is 5.17. The van der Waals surface area contributed by atoms with E-state index in [9.17, 15) is 4.79 Å². The molecular weight excluding hydrogens is 266 g/mol. The van der Waals surface area contributed by atoms with Crippen molar-refractivity contribution in [2.75, 3.05) is 0 Å². The van der Waals surface area contributed by atoms with Crippen LogP contribution in [-0.4, -0.2) is 11.1 Å². The zero-order chi connectivity index (χ0) is 13.1. The molecule has 18 heavy (non-hydrogen) atoms. The number of nitriles is 1. The molecule has 0 amide bonds. The van der Waals surface area contributed by atoms with Gasteiger partial charge in [0.1, 0.15) is 11.6 Å². The number of nitrogens with zero attached hydrogens (tertiary/aromatic N) is 1. The van der Waals surface area contributed by atoms with Gasteiger partial charge in [0.05, 0.1) is 0 Å². The minimum Gasteiger partial charge on any atom is -0.477 e. The van der Waals surface area contributed by atoms with Crippen molar-refractivity contribution in [3.8, 4) is 15.8 Å². The molecule has 0 fully saturated rings. The van der Waals surface area contributed by atoms with Gasteiger partial charge in [0.25, 0.3) is 0 Å². The van der Waals surface area contributed by atoms with E-state index in [2.05, 4.69) is 0 Å². The fourth-order valence-electron chi connectivity index (χ4n) is 1.41. The van der Waals surface area contributed by atoms with Gasteiger partial charge >= 0.3 is 5.97 Å².